The number of ether oxygens (including phenoxy) is 1. The number of rotatable bonds is 6. The molecule has 2 aromatic rings. The van der Waals surface area contributed by atoms with E-state index in [9.17, 15) is 30.9 Å². The van der Waals surface area contributed by atoms with Gasteiger partial charge >= 0.3 is 12.4 Å². The van der Waals surface area contributed by atoms with Gasteiger partial charge in [0, 0.05) is 4.75 Å². The summed E-state index contributed by atoms with van der Waals surface area (Å²) in [5, 5.41) is 0. The van der Waals surface area contributed by atoms with Gasteiger partial charge in [-0.1, -0.05) is 30.3 Å². The van der Waals surface area contributed by atoms with Crippen LogP contribution < -0.4 is 0 Å². The number of alkyl halides is 6. The molecule has 0 aliphatic heterocycles. The second kappa shape index (κ2) is 9.68. The Morgan fingerprint density at radius 3 is 1.88 bits per heavy atom. The van der Waals surface area contributed by atoms with Gasteiger partial charge in [-0.15, -0.1) is 0 Å². The number of benzene rings is 2. The standard InChI is InChI=1S/C23H25F6NO2S/c1-15(17-11-18(22(24,25)26)13-19(12-17)23(27,28)29)32-14-20(16-9-7-6-8-10-16)30-33(5,31)21(2,3)4/h5-13,15,31H,14H2,1-4H3/b30-20-/t15-/m1/s1. The molecule has 0 spiro atoms. The molecule has 1 unspecified atom stereocenters. The van der Waals surface area contributed by atoms with Gasteiger partial charge in [-0.2, -0.15) is 26.3 Å². The summed E-state index contributed by atoms with van der Waals surface area (Å²) in [4.78, 5) is 0. The van der Waals surface area contributed by atoms with Gasteiger partial charge in [-0.3, -0.25) is 0 Å². The van der Waals surface area contributed by atoms with Crippen LogP contribution in [0.3, 0.4) is 0 Å². The van der Waals surface area contributed by atoms with Crippen molar-refractivity contribution >= 4 is 16.2 Å². The number of hydrogen-bond acceptors (Lipinski definition) is 3. The zero-order valence-electron chi connectivity index (χ0n) is 18.5. The summed E-state index contributed by atoms with van der Waals surface area (Å²) in [5.41, 5.74) is -2.37. The van der Waals surface area contributed by atoms with Crippen molar-refractivity contribution in [2.24, 2.45) is 4.40 Å². The highest BCUT2D eigenvalue weighted by Gasteiger charge is 2.37. The Kier molecular flexibility index (Phi) is 7.98. The topological polar surface area (TPSA) is 41.8 Å². The van der Waals surface area contributed by atoms with Crippen molar-refractivity contribution in [1.82, 2.24) is 0 Å². The number of nitrogens with zero attached hydrogens (tertiary/aromatic N) is 1. The lowest BCUT2D eigenvalue weighted by molar-refractivity contribution is -0.143. The Bertz CT molecular complexity index is 947. The second-order valence-electron chi connectivity index (χ2n) is 8.40. The summed E-state index contributed by atoms with van der Waals surface area (Å²) in [5.74, 6) is 0. The molecule has 10 heteroatoms. The number of halogens is 6. The Labute approximate surface area is 191 Å². The van der Waals surface area contributed by atoms with E-state index in [1.807, 2.05) is 0 Å². The van der Waals surface area contributed by atoms with Gasteiger partial charge in [0.2, 0.25) is 0 Å². The SMILES string of the molecule is [CH]S(O)(/N=C(/CO[C@H](C)c1cc(C(F)(F)F)cc(C(F)(F)F)c1)c1ccccc1)C(C)(C)C. The first-order valence-corrected chi connectivity index (χ1v) is 11.4. The molecule has 182 valence electrons. The maximum atomic E-state index is 13.2. The molecule has 1 N–H and O–H groups in total. The summed E-state index contributed by atoms with van der Waals surface area (Å²) in [6.45, 7) is 6.12. The average molecular weight is 494 g/mol. The summed E-state index contributed by atoms with van der Waals surface area (Å²) in [6.07, 6.45) is -5.03. The maximum Gasteiger partial charge on any atom is 0.416 e. The van der Waals surface area contributed by atoms with Crippen LogP contribution in [0.25, 0.3) is 0 Å². The Morgan fingerprint density at radius 1 is 0.970 bits per heavy atom. The third-order valence-electron chi connectivity index (χ3n) is 4.81. The van der Waals surface area contributed by atoms with Crippen LogP contribution in [0.5, 0.6) is 0 Å². The van der Waals surface area contributed by atoms with E-state index >= 15 is 0 Å². The minimum atomic E-state index is -4.96. The van der Waals surface area contributed by atoms with E-state index in [1.54, 1.807) is 51.1 Å². The average Bonchev–Trinajstić information content (AvgIpc) is 2.69. The molecule has 0 bridgehead atoms. The molecule has 0 saturated carbocycles. The molecule has 2 radical (unpaired) electrons. The summed E-state index contributed by atoms with van der Waals surface area (Å²) in [7, 11) is -3.00. The van der Waals surface area contributed by atoms with E-state index in [0.717, 1.165) is 0 Å². The van der Waals surface area contributed by atoms with Gasteiger partial charge < -0.3 is 9.29 Å². The first-order chi connectivity index (χ1) is 14.9. The largest absolute Gasteiger partial charge is 0.416 e. The van der Waals surface area contributed by atoms with Gasteiger partial charge in [-0.05, 0) is 67.5 Å². The van der Waals surface area contributed by atoms with Gasteiger partial charge in [0.05, 0.1) is 35.8 Å². The zero-order chi connectivity index (χ0) is 25.2. The predicted octanol–water partition coefficient (Wildman–Crippen LogP) is 7.95. The lowest BCUT2D eigenvalue weighted by Crippen LogP contribution is -2.23. The third-order valence-corrected chi connectivity index (χ3v) is 7.11. The van der Waals surface area contributed by atoms with Crippen LogP contribution in [0.1, 0.15) is 56.1 Å². The minimum absolute atomic E-state index is 0.0638. The molecule has 33 heavy (non-hydrogen) atoms. The van der Waals surface area contributed by atoms with Crippen molar-refractivity contribution in [3.8, 4) is 0 Å². The second-order valence-corrected chi connectivity index (χ2v) is 11.0. The predicted molar refractivity (Wildman–Crippen MR) is 118 cm³/mol. The van der Waals surface area contributed by atoms with Gasteiger partial charge in [0.1, 0.15) is 0 Å². The highest BCUT2D eigenvalue weighted by Crippen LogP contribution is 2.55. The van der Waals surface area contributed by atoms with E-state index in [4.69, 9.17) is 11.0 Å². The molecular weight excluding hydrogens is 468 g/mol. The lowest BCUT2D eigenvalue weighted by atomic mass is 10.0. The Morgan fingerprint density at radius 2 is 1.45 bits per heavy atom. The fraction of sp³-hybridized carbons (Fsp3) is 0.391. The molecule has 3 nitrogen and oxygen atoms in total. The van der Waals surface area contributed by atoms with E-state index < -0.39 is 44.8 Å². The van der Waals surface area contributed by atoms with Crippen molar-refractivity contribution in [2.75, 3.05) is 6.61 Å². The maximum absolute atomic E-state index is 13.2. The van der Waals surface area contributed by atoms with Gasteiger partial charge in [-0.25, -0.2) is 4.40 Å². The van der Waals surface area contributed by atoms with Crippen LogP contribution in [0.2, 0.25) is 0 Å². The Hall–Kier alpha value is -2.04. The van der Waals surface area contributed by atoms with Crippen molar-refractivity contribution in [2.45, 2.75) is 50.9 Å². The zero-order valence-corrected chi connectivity index (χ0v) is 19.3. The summed E-state index contributed by atoms with van der Waals surface area (Å²) in [6, 6.07) is 9.83. The quantitative estimate of drug-likeness (QED) is 0.328. The van der Waals surface area contributed by atoms with E-state index in [1.165, 1.54) is 6.92 Å². The van der Waals surface area contributed by atoms with Crippen LogP contribution in [0.15, 0.2) is 52.9 Å². The molecule has 2 atom stereocenters. The number of hydrogen-bond donors (Lipinski definition) is 1. The molecule has 0 saturated heterocycles. The van der Waals surface area contributed by atoms with Crippen LogP contribution in [-0.4, -0.2) is 21.6 Å². The first-order valence-electron chi connectivity index (χ1n) is 9.80. The molecule has 0 aromatic heterocycles. The fourth-order valence-electron chi connectivity index (χ4n) is 2.61. The van der Waals surface area contributed by atoms with Crippen LogP contribution in [0.4, 0.5) is 26.3 Å². The molecule has 0 heterocycles. The molecule has 0 fully saturated rings. The van der Waals surface area contributed by atoms with Crippen molar-refractivity contribution in [3.05, 3.63) is 77.0 Å². The van der Waals surface area contributed by atoms with Crippen molar-refractivity contribution in [1.29, 1.82) is 0 Å². The van der Waals surface area contributed by atoms with Crippen LogP contribution in [0, 0.1) is 6.26 Å². The van der Waals surface area contributed by atoms with Crippen molar-refractivity contribution < 1.29 is 35.6 Å². The minimum Gasteiger partial charge on any atom is -0.367 e. The summed E-state index contributed by atoms with van der Waals surface area (Å²) >= 11 is 0. The summed E-state index contributed by atoms with van der Waals surface area (Å²) < 4.78 is 98.8. The van der Waals surface area contributed by atoms with E-state index in [2.05, 4.69) is 4.40 Å². The highest BCUT2D eigenvalue weighted by atomic mass is 32.3. The molecule has 0 aliphatic rings. The highest BCUT2D eigenvalue weighted by molar-refractivity contribution is 8.30. The Balaban J connectivity index is 2.41. The smallest absolute Gasteiger partial charge is 0.367 e. The molecule has 2 aromatic carbocycles. The van der Waals surface area contributed by atoms with E-state index in [-0.39, 0.29) is 23.9 Å². The van der Waals surface area contributed by atoms with Crippen LogP contribution in [-0.2, 0) is 17.1 Å². The van der Waals surface area contributed by atoms with E-state index in [0.29, 0.717) is 17.7 Å². The van der Waals surface area contributed by atoms with Crippen molar-refractivity contribution in [3.63, 3.8) is 0 Å². The molecule has 2 rings (SSSR count). The first kappa shape index (κ1) is 27.2. The van der Waals surface area contributed by atoms with Gasteiger partial charge in [0.25, 0.3) is 0 Å². The monoisotopic (exact) mass is 493 g/mol. The fourth-order valence-corrected chi connectivity index (χ4v) is 3.38. The molecular formula is C23H25F6NO2S. The third kappa shape index (κ3) is 7.22. The molecule has 0 amide bonds. The normalized spacial score (nSPS) is 17.4. The van der Waals surface area contributed by atoms with Gasteiger partial charge in [0.15, 0.2) is 0 Å². The molecule has 0 aliphatic carbocycles. The lowest BCUT2D eigenvalue weighted by Gasteiger charge is -2.38. The van der Waals surface area contributed by atoms with Crippen LogP contribution >= 0.6 is 10.5 Å².